The molecule has 2 aromatic carbocycles. The smallest absolute Gasteiger partial charge is 0.276 e. The van der Waals surface area contributed by atoms with E-state index in [2.05, 4.69) is 10.4 Å². The van der Waals surface area contributed by atoms with E-state index in [0.717, 1.165) is 22.4 Å². The van der Waals surface area contributed by atoms with Crippen LogP contribution in [0.25, 0.3) is 11.3 Å². The average molecular weight is 410 g/mol. The Morgan fingerprint density at radius 2 is 1.83 bits per heavy atom. The summed E-state index contributed by atoms with van der Waals surface area (Å²) < 4.78 is 25.7. The maximum atomic E-state index is 12.8. The Kier molecular flexibility index (Phi) is 5.00. The monoisotopic (exact) mass is 409 g/mol. The normalized spacial score (nSPS) is 17.9. The summed E-state index contributed by atoms with van der Waals surface area (Å²) >= 11 is 0. The van der Waals surface area contributed by atoms with Gasteiger partial charge in [0.05, 0.1) is 23.2 Å². The number of nitrogens with zero attached hydrogens (tertiary/aromatic N) is 2. The van der Waals surface area contributed by atoms with Crippen molar-refractivity contribution in [3.05, 3.63) is 71.4 Å². The van der Waals surface area contributed by atoms with Crippen LogP contribution in [0.2, 0.25) is 0 Å². The van der Waals surface area contributed by atoms with Gasteiger partial charge in [-0.25, -0.2) is 8.42 Å². The molecule has 1 N–H and O–H groups in total. The topological polar surface area (TPSA) is 81.1 Å². The largest absolute Gasteiger partial charge is 0.321 e. The second-order valence-electron chi connectivity index (χ2n) is 7.61. The molecule has 0 aliphatic carbocycles. The number of sulfone groups is 1. The third kappa shape index (κ3) is 4.24. The standard InChI is InChI=1S/C22H23N3O3S/c1-15-6-8-17(9-7-15)21-13-20(22(26)23-18-5-3-4-16(2)12-18)24-25(21)19-10-11-29(27,28)14-19/h3-9,12-13,19H,10-11,14H2,1-2H3,(H,23,26)/t19-/m0/s1. The summed E-state index contributed by atoms with van der Waals surface area (Å²) in [6, 6.07) is 16.9. The van der Waals surface area contributed by atoms with Crippen LogP contribution in [0, 0.1) is 13.8 Å². The van der Waals surface area contributed by atoms with Gasteiger partial charge in [0.2, 0.25) is 0 Å². The molecule has 1 aromatic heterocycles. The number of aromatic nitrogens is 2. The fraction of sp³-hybridized carbons (Fsp3) is 0.273. The molecule has 2 heterocycles. The molecule has 1 amide bonds. The SMILES string of the molecule is Cc1ccc(-c2cc(C(=O)Nc3cccc(C)c3)nn2[C@H]2CCS(=O)(=O)C2)cc1. The van der Waals surface area contributed by atoms with Crippen LogP contribution in [0.4, 0.5) is 5.69 Å². The first kappa shape index (κ1) is 19.4. The van der Waals surface area contributed by atoms with Crippen molar-refractivity contribution < 1.29 is 13.2 Å². The fourth-order valence-electron chi connectivity index (χ4n) is 3.61. The Hall–Kier alpha value is -2.93. The van der Waals surface area contributed by atoms with E-state index in [9.17, 15) is 13.2 Å². The summed E-state index contributed by atoms with van der Waals surface area (Å²) in [5.74, 6) is -0.120. The van der Waals surface area contributed by atoms with Gasteiger partial charge < -0.3 is 5.32 Å². The molecule has 0 bridgehead atoms. The van der Waals surface area contributed by atoms with E-state index < -0.39 is 9.84 Å². The zero-order valence-electron chi connectivity index (χ0n) is 16.4. The molecule has 0 unspecified atom stereocenters. The molecular weight excluding hydrogens is 386 g/mol. The first-order valence-electron chi connectivity index (χ1n) is 9.56. The number of aryl methyl sites for hydroxylation is 2. The van der Waals surface area contributed by atoms with E-state index in [1.54, 1.807) is 10.7 Å². The minimum absolute atomic E-state index is 0.0481. The molecule has 29 heavy (non-hydrogen) atoms. The zero-order chi connectivity index (χ0) is 20.6. The van der Waals surface area contributed by atoms with Gasteiger partial charge in [-0.05, 0) is 49.6 Å². The Balaban J connectivity index is 1.71. The molecule has 1 aliphatic heterocycles. The summed E-state index contributed by atoms with van der Waals surface area (Å²) in [6.07, 6.45) is 0.502. The van der Waals surface area contributed by atoms with Gasteiger partial charge in [-0.2, -0.15) is 5.10 Å². The molecule has 0 radical (unpaired) electrons. The third-order valence-corrected chi connectivity index (χ3v) is 6.90. The van der Waals surface area contributed by atoms with Crippen LogP contribution in [0.1, 0.15) is 34.1 Å². The summed E-state index contributed by atoms with van der Waals surface area (Å²) in [5.41, 5.74) is 4.80. The summed E-state index contributed by atoms with van der Waals surface area (Å²) in [4.78, 5) is 12.8. The fourth-order valence-corrected chi connectivity index (χ4v) is 5.30. The van der Waals surface area contributed by atoms with Crippen LogP contribution in [0.15, 0.2) is 54.6 Å². The Bertz CT molecular complexity index is 1160. The van der Waals surface area contributed by atoms with E-state index in [0.29, 0.717) is 12.1 Å². The van der Waals surface area contributed by atoms with Crippen molar-refractivity contribution in [3.63, 3.8) is 0 Å². The van der Waals surface area contributed by atoms with Crippen molar-refractivity contribution in [2.45, 2.75) is 26.3 Å². The number of anilines is 1. The van der Waals surface area contributed by atoms with Crippen molar-refractivity contribution in [2.24, 2.45) is 0 Å². The average Bonchev–Trinajstić information content (AvgIpc) is 3.26. The predicted octanol–water partition coefficient (Wildman–Crippen LogP) is 3.78. The number of hydrogen-bond donors (Lipinski definition) is 1. The summed E-state index contributed by atoms with van der Waals surface area (Å²) in [7, 11) is -3.07. The molecule has 3 aromatic rings. The number of carbonyl (C=O) groups is 1. The highest BCUT2D eigenvalue weighted by Gasteiger charge is 2.32. The van der Waals surface area contributed by atoms with E-state index in [-0.39, 0.29) is 29.1 Å². The molecule has 4 rings (SSSR count). The maximum absolute atomic E-state index is 12.8. The van der Waals surface area contributed by atoms with Crippen LogP contribution in [0.3, 0.4) is 0 Å². The van der Waals surface area contributed by atoms with E-state index in [4.69, 9.17) is 0 Å². The highest BCUT2D eigenvalue weighted by atomic mass is 32.2. The van der Waals surface area contributed by atoms with Gasteiger partial charge in [0.1, 0.15) is 0 Å². The van der Waals surface area contributed by atoms with Crippen LogP contribution in [-0.4, -0.2) is 35.6 Å². The minimum Gasteiger partial charge on any atom is -0.321 e. The minimum atomic E-state index is -3.07. The van der Waals surface area contributed by atoms with Crippen LogP contribution >= 0.6 is 0 Å². The molecule has 0 saturated carbocycles. The molecule has 1 fully saturated rings. The number of nitrogens with one attached hydrogen (secondary N) is 1. The molecule has 7 heteroatoms. The zero-order valence-corrected chi connectivity index (χ0v) is 17.2. The van der Waals surface area contributed by atoms with Crippen molar-refractivity contribution in [3.8, 4) is 11.3 Å². The lowest BCUT2D eigenvalue weighted by molar-refractivity contribution is 0.102. The summed E-state index contributed by atoms with van der Waals surface area (Å²) in [6.45, 7) is 3.96. The number of hydrogen-bond acceptors (Lipinski definition) is 4. The second kappa shape index (κ2) is 7.48. The van der Waals surface area contributed by atoms with Crippen LogP contribution in [-0.2, 0) is 9.84 Å². The Morgan fingerprint density at radius 3 is 2.48 bits per heavy atom. The van der Waals surface area contributed by atoms with Crippen molar-refractivity contribution in [2.75, 3.05) is 16.8 Å². The van der Waals surface area contributed by atoms with E-state index in [1.807, 2.05) is 62.4 Å². The Morgan fingerprint density at radius 1 is 1.07 bits per heavy atom. The van der Waals surface area contributed by atoms with Gasteiger partial charge in [-0.15, -0.1) is 0 Å². The van der Waals surface area contributed by atoms with Crippen LogP contribution < -0.4 is 5.32 Å². The quantitative estimate of drug-likeness (QED) is 0.711. The van der Waals surface area contributed by atoms with E-state index >= 15 is 0 Å². The highest BCUT2D eigenvalue weighted by Crippen LogP contribution is 2.30. The number of amides is 1. The van der Waals surface area contributed by atoms with Gasteiger partial charge in [-0.3, -0.25) is 9.48 Å². The molecular formula is C22H23N3O3S. The van der Waals surface area contributed by atoms with Crippen molar-refractivity contribution >= 4 is 21.4 Å². The van der Waals surface area contributed by atoms with Gasteiger partial charge in [0, 0.05) is 5.69 Å². The molecule has 150 valence electrons. The summed E-state index contributed by atoms with van der Waals surface area (Å²) in [5, 5.41) is 7.39. The molecule has 6 nitrogen and oxygen atoms in total. The van der Waals surface area contributed by atoms with E-state index in [1.165, 1.54) is 0 Å². The molecule has 1 aliphatic rings. The molecule has 0 spiro atoms. The van der Waals surface area contributed by atoms with Gasteiger partial charge in [0.15, 0.2) is 15.5 Å². The van der Waals surface area contributed by atoms with Gasteiger partial charge in [-0.1, -0.05) is 42.0 Å². The third-order valence-electron chi connectivity index (χ3n) is 5.15. The van der Waals surface area contributed by atoms with Crippen molar-refractivity contribution in [1.29, 1.82) is 0 Å². The lowest BCUT2D eigenvalue weighted by atomic mass is 10.1. The number of benzene rings is 2. The van der Waals surface area contributed by atoms with Gasteiger partial charge in [0.25, 0.3) is 5.91 Å². The lowest BCUT2D eigenvalue weighted by Crippen LogP contribution is -2.16. The number of carbonyl (C=O) groups excluding carboxylic acids is 1. The first-order chi connectivity index (χ1) is 13.8. The van der Waals surface area contributed by atoms with Gasteiger partial charge >= 0.3 is 0 Å². The first-order valence-corrected chi connectivity index (χ1v) is 11.4. The second-order valence-corrected chi connectivity index (χ2v) is 9.83. The lowest BCUT2D eigenvalue weighted by Gasteiger charge is -2.13. The predicted molar refractivity (Wildman–Crippen MR) is 114 cm³/mol. The molecule has 1 atom stereocenters. The van der Waals surface area contributed by atoms with Crippen molar-refractivity contribution in [1.82, 2.24) is 9.78 Å². The number of rotatable bonds is 4. The Labute approximate surface area is 170 Å². The van der Waals surface area contributed by atoms with Crippen LogP contribution in [0.5, 0.6) is 0 Å². The molecule has 1 saturated heterocycles. The highest BCUT2D eigenvalue weighted by molar-refractivity contribution is 7.91. The maximum Gasteiger partial charge on any atom is 0.276 e.